The number of benzene rings is 2. The van der Waals surface area contributed by atoms with Crippen molar-refractivity contribution in [1.82, 2.24) is 5.32 Å². The zero-order valence-corrected chi connectivity index (χ0v) is 16.4. The van der Waals surface area contributed by atoms with Gasteiger partial charge in [-0.2, -0.15) is 0 Å². The molecule has 1 aliphatic rings. The van der Waals surface area contributed by atoms with E-state index in [2.05, 4.69) is 11.9 Å². The van der Waals surface area contributed by atoms with Gasteiger partial charge in [-0.1, -0.05) is 61.2 Å². The molecule has 1 aliphatic carbocycles. The van der Waals surface area contributed by atoms with Gasteiger partial charge < -0.3 is 19.9 Å². The third kappa shape index (κ3) is 5.05. The summed E-state index contributed by atoms with van der Waals surface area (Å²) >= 11 is 0. The van der Waals surface area contributed by atoms with Crippen molar-refractivity contribution in [1.29, 1.82) is 0 Å². The predicted octanol–water partition coefficient (Wildman–Crippen LogP) is 3.49. The monoisotopic (exact) mass is 409 g/mol. The molecule has 1 atom stereocenters. The van der Waals surface area contributed by atoms with Gasteiger partial charge in [-0.25, -0.2) is 4.79 Å². The van der Waals surface area contributed by atoms with Crippen LogP contribution in [-0.2, 0) is 19.1 Å². The average Bonchev–Trinajstić information content (AvgIpc) is 3.04. The summed E-state index contributed by atoms with van der Waals surface area (Å²) in [6.45, 7) is 3.56. The van der Waals surface area contributed by atoms with Gasteiger partial charge in [-0.15, -0.1) is 0 Å². The number of esters is 1. The van der Waals surface area contributed by atoms with Crippen LogP contribution in [0.1, 0.15) is 29.9 Å². The molecule has 2 aromatic rings. The predicted molar refractivity (Wildman–Crippen MR) is 110 cm³/mol. The molecule has 30 heavy (non-hydrogen) atoms. The Morgan fingerprint density at radius 2 is 1.60 bits per heavy atom. The zero-order valence-electron chi connectivity index (χ0n) is 16.4. The summed E-state index contributed by atoms with van der Waals surface area (Å²) in [5.74, 6) is -1.88. The lowest BCUT2D eigenvalue weighted by Crippen LogP contribution is -2.39. The van der Waals surface area contributed by atoms with Gasteiger partial charge in [-0.3, -0.25) is 9.59 Å². The van der Waals surface area contributed by atoms with Gasteiger partial charge in [0.15, 0.2) is 0 Å². The van der Waals surface area contributed by atoms with Crippen LogP contribution >= 0.6 is 0 Å². The number of fused-ring (bicyclic) bond motifs is 3. The summed E-state index contributed by atoms with van der Waals surface area (Å²) in [7, 11) is 0. The number of carboxylic acid groups (broad SMARTS) is 1. The molecule has 0 saturated carbocycles. The fourth-order valence-corrected chi connectivity index (χ4v) is 3.60. The van der Waals surface area contributed by atoms with Crippen LogP contribution < -0.4 is 5.32 Å². The summed E-state index contributed by atoms with van der Waals surface area (Å²) in [5.41, 5.74) is 4.36. The highest BCUT2D eigenvalue weighted by molar-refractivity contribution is 5.79. The molecule has 156 valence electrons. The topological polar surface area (TPSA) is 102 Å². The van der Waals surface area contributed by atoms with Crippen LogP contribution in [0.3, 0.4) is 0 Å². The van der Waals surface area contributed by atoms with E-state index < -0.39 is 30.5 Å². The minimum Gasteiger partial charge on any atom is -0.481 e. The number of ether oxygens (including phenoxy) is 2. The molecule has 0 radical (unpaired) electrons. The van der Waals surface area contributed by atoms with Gasteiger partial charge in [-0.05, 0) is 22.3 Å². The maximum atomic E-state index is 12.3. The second-order valence-corrected chi connectivity index (χ2v) is 6.94. The molecule has 0 saturated heterocycles. The number of amides is 1. The van der Waals surface area contributed by atoms with Crippen molar-refractivity contribution in [2.45, 2.75) is 24.8 Å². The normalized spacial score (nSPS) is 12.9. The number of alkyl carbamates (subject to hydrolysis) is 1. The van der Waals surface area contributed by atoms with Gasteiger partial charge in [0.1, 0.15) is 13.2 Å². The molecule has 0 bridgehead atoms. The third-order valence-corrected chi connectivity index (χ3v) is 4.86. The summed E-state index contributed by atoms with van der Waals surface area (Å²) < 4.78 is 10.3. The first-order valence-electron chi connectivity index (χ1n) is 9.59. The quantitative estimate of drug-likeness (QED) is 0.486. The van der Waals surface area contributed by atoms with E-state index >= 15 is 0 Å². The van der Waals surface area contributed by atoms with Crippen LogP contribution in [0.25, 0.3) is 11.1 Å². The van der Waals surface area contributed by atoms with Gasteiger partial charge in [0, 0.05) is 5.92 Å². The number of hydrogen-bond acceptors (Lipinski definition) is 5. The molecular weight excluding hydrogens is 386 g/mol. The zero-order chi connectivity index (χ0) is 21.5. The first-order valence-corrected chi connectivity index (χ1v) is 9.59. The molecule has 0 fully saturated rings. The van der Waals surface area contributed by atoms with Crippen molar-refractivity contribution in [3.63, 3.8) is 0 Å². The Morgan fingerprint density at radius 3 is 2.17 bits per heavy atom. The van der Waals surface area contributed by atoms with E-state index in [9.17, 15) is 14.4 Å². The minimum atomic E-state index is -1.14. The molecule has 7 nitrogen and oxygen atoms in total. The van der Waals surface area contributed by atoms with Crippen molar-refractivity contribution in [3.8, 4) is 11.1 Å². The maximum Gasteiger partial charge on any atom is 0.407 e. The number of rotatable bonds is 9. The Kier molecular flexibility index (Phi) is 6.85. The van der Waals surface area contributed by atoms with Crippen molar-refractivity contribution in [2.24, 2.45) is 0 Å². The number of carboxylic acids is 1. The van der Waals surface area contributed by atoms with E-state index in [1.807, 2.05) is 48.5 Å². The van der Waals surface area contributed by atoms with E-state index in [0.717, 1.165) is 22.3 Å². The fourth-order valence-electron chi connectivity index (χ4n) is 3.60. The van der Waals surface area contributed by atoms with Crippen molar-refractivity contribution < 1.29 is 29.0 Å². The van der Waals surface area contributed by atoms with Crippen LogP contribution in [0.4, 0.5) is 4.79 Å². The van der Waals surface area contributed by atoms with E-state index in [4.69, 9.17) is 14.6 Å². The number of nitrogens with one attached hydrogen (secondary N) is 1. The van der Waals surface area contributed by atoms with Gasteiger partial charge in [0.2, 0.25) is 0 Å². The number of aliphatic carboxylic acids is 1. The van der Waals surface area contributed by atoms with E-state index in [-0.39, 0.29) is 25.6 Å². The molecule has 0 unspecified atom stereocenters. The van der Waals surface area contributed by atoms with Crippen molar-refractivity contribution in [3.05, 3.63) is 72.3 Å². The first-order chi connectivity index (χ1) is 14.5. The summed E-state index contributed by atoms with van der Waals surface area (Å²) in [6, 6.07) is 15.0. The van der Waals surface area contributed by atoms with Crippen LogP contribution in [-0.4, -0.2) is 42.4 Å². The van der Waals surface area contributed by atoms with Gasteiger partial charge >= 0.3 is 18.0 Å². The Morgan fingerprint density at radius 1 is 1.00 bits per heavy atom. The van der Waals surface area contributed by atoms with Crippen molar-refractivity contribution >= 4 is 18.0 Å². The minimum absolute atomic E-state index is 0.0174. The Labute approximate surface area is 174 Å². The highest BCUT2D eigenvalue weighted by atomic mass is 16.5. The molecule has 3 rings (SSSR count). The molecule has 0 heterocycles. The average molecular weight is 409 g/mol. The number of carbonyl (C=O) groups excluding carboxylic acids is 2. The molecular formula is C23H23NO6. The molecule has 1 amide bonds. The van der Waals surface area contributed by atoms with Crippen LogP contribution in [0, 0.1) is 0 Å². The highest BCUT2D eigenvalue weighted by Gasteiger charge is 2.29. The summed E-state index contributed by atoms with van der Waals surface area (Å²) in [6.07, 6.45) is -0.0690. The van der Waals surface area contributed by atoms with Crippen LogP contribution in [0.2, 0.25) is 0 Å². The number of carbonyl (C=O) groups is 3. The lowest BCUT2D eigenvalue weighted by atomic mass is 9.98. The first kappa shape index (κ1) is 21.1. The van der Waals surface area contributed by atoms with E-state index in [1.54, 1.807) is 0 Å². The Bertz CT molecular complexity index is 909. The smallest absolute Gasteiger partial charge is 0.407 e. The lowest BCUT2D eigenvalue weighted by molar-refractivity contribution is -0.143. The van der Waals surface area contributed by atoms with Gasteiger partial charge in [0.05, 0.1) is 18.9 Å². The molecule has 0 spiro atoms. The second-order valence-electron chi connectivity index (χ2n) is 6.94. The van der Waals surface area contributed by atoms with Crippen molar-refractivity contribution in [2.75, 3.05) is 13.2 Å². The fraction of sp³-hybridized carbons (Fsp3) is 0.261. The lowest BCUT2D eigenvalue weighted by Gasteiger charge is -2.18. The molecule has 2 aromatic carbocycles. The Hall–Kier alpha value is -3.61. The summed E-state index contributed by atoms with van der Waals surface area (Å²) in [5, 5.41) is 11.5. The van der Waals surface area contributed by atoms with E-state index in [0.29, 0.717) is 0 Å². The molecule has 0 aromatic heterocycles. The maximum absolute atomic E-state index is 12.3. The Balaban J connectivity index is 1.63. The molecule has 0 aliphatic heterocycles. The van der Waals surface area contributed by atoms with Crippen LogP contribution in [0.5, 0.6) is 0 Å². The second kappa shape index (κ2) is 9.73. The third-order valence-electron chi connectivity index (χ3n) is 4.86. The number of hydrogen-bond donors (Lipinski definition) is 2. The molecule has 7 heteroatoms. The van der Waals surface area contributed by atoms with Gasteiger partial charge in [0.25, 0.3) is 0 Å². The largest absolute Gasteiger partial charge is 0.481 e. The highest BCUT2D eigenvalue weighted by Crippen LogP contribution is 2.44. The molecule has 2 N–H and O–H groups in total. The van der Waals surface area contributed by atoms with Crippen LogP contribution in [0.15, 0.2) is 61.2 Å². The van der Waals surface area contributed by atoms with E-state index in [1.165, 1.54) is 6.08 Å². The summed E-state index contributed by atoms with van der Waals surface area (Å²) in [4.78, 5) is 35.1. The SMILES string of the molecule is C=CCOC(=O)C[C@H](CC(=O)O)NC(=O)OCC1c2ccccc2-c2ccccc21. The standard InChI is InChI=1S/C23H23NO6/c1-2-11-29-22(27)13-15(12-21(25)26)24-23(28)30-14-20-18-9-5-3-7-16(18)17-8-4-6-10-19(17)20/h2-10,15,20H,1,11-14H2,(H,24,28)(H,25,26)/t15-/m0/s1.